The molecule has 0 saturated heterocycles. The first-order valence-corrected chi connectivity index (χ1v) is 16.1. The number of aromatic carboxylic acids is 1. The van der Waals surface area contributed by atoms with Gasteiger partial charge in [-0.25, -0.2) is 14.0 Å². The lowest BCUT2D eigenvalue weighted by molar-refractivity contribution is 0.0697. The van der Waals surface area contributed by atoms with E-state index in [1.165, 1.54) is 5.56 Å². The first-order chi connectivity index (χ1) is 21.3. The van der Waals surface area contributed by atoms with Crippen LogP contribution in [0.3, 0.4) is 0 Å². The average molecular weight is 645 g/mol. The van der Waals surface area contributed by atoms with Crippen molar-refractivity contribution in [3.05, 3.63) is 135 Å². The molecule has 6 nitrogen and oxygen atoms in total. The summed E-state index contributed by atoms with van der Waals surface area (Å²) in [6.45, 7) is 2.65. The van der Waals surface area contributed by atoms with Crippen LogP contribution < -0.4 is 4.72 Å². The molecule has 2 N–H and O–H groups in total. The molecule has 0 aliphatic heterocycles. The molecule has 0 amide bonds. The zero-order valence-electron chi connectivity index (χ0n) is 24.0. The van der Waals surface area contributed by atoms with Crippen LogP contribution in [0, 0.1) is 0 Å². The third-order valence-corrected chi connectivity index (χ3v) is 8.74. The number of rotatable bonds is 12. The number of hydrogen-bond donors (Lipinski definition) is 2. The fraction of sp³-hybridized carbons (Fsp3) is 0.143. The van der Waals surface area contributed by atoms with Gasteiger partial charge in [0.1, 0.15) is 16.8 Å². The van der Waals surface area contributed by atoms with E-state index in [2.05, 4.69) is 11.6 Å². The number of unbranched alkanes of at least 4 members (excludes halogenated alkanes) is 1. The van der Waals surface area contributed by atoms with E-state index >= 15 is 0 Å². The van der Waals surface area contributed by atoms with E-state index in [9.17, 15) is 14.1 Å². The summed E-state index contributed by atoms with van der Waals surface area (Å²) in [7, 11) is -1.37. The molecule has 0 aliphatic rings. The second kappa shape index (κ2) is 14.5. The van der Waals surface area contributed by atoms with Crippen LogP contribution in [0.1, 0.15) is 52.6 Å². The van der Waals surface area contributed by atoms with Gasteiger partial charge in [-0.15, -0.1) is 0 Å². The van der Waals surface area contributed by atoms with E-state index in [0.29, 0.717) is 28.1 Å². The highest BCUT2D eigenvalue weighted by Gasteiger charge is 2.13. The Balaban J connectivity index is 1.33. The standard InChI is InChI=1S/C35H31Cl2N3O3S/c1-2-3-4-24-9-17-30(18-10-24)44(43)39-29-15-7-25(8-16-29)11-20-34-38-33(31-19-14-28(36)21-32(31)37)23-40(34)22-26-5-12-27(13-6-26)35(41)42/h5-21,23,39H,2-4,22H2,1H3,(H,41,42)/b20-11+. The highest BCUT2D eigenvalue weighted by Crippen LogP contribution is 2.30. The van der Waals surface area contributed by atoms with Crippen molar-refractivity contribution in [2.75, 3.05) is 4.72 Å². The van der Waals surface area contributed by atoms with Crippen LogP contribution in [-0.4, -0.2) is 24.8 Å². The minimum absolute atomic E-state index is 0.232. The van der Waals surface area contributed by atoms with Crippen molar-refractivity contribution in [3.8, 4) is 11.3 Å². The van der Waals surface area contributed by atoms with Crippen LogP contribution in [0.25, 0.3) is 23.4 Å². The normalized spacial score (nSPS) is 12.0. The summed E-state index contributed by atoms with van der Waals surface area (Å²) < 4.78 is 17.9. The SMILES string of the molecule is CCCCc1ccc(S(=O)Nc2ccc(/C=C/c3nc(-c4ccc(Cl)cc4Cl)cn3Cc3ccc(C(=O)O)cc3)cc2)cc1. The second-order valence-electron chi connectivity index (χ2n) is 10.3. The van der Waals surface area contributed by atoms with Crippen LogP contribution in [0.15, 0.2) is 102 Å². The largest absolute Gasteiger partial charge is 0.478 e. The third-order valence-electron chi connectivity index (χ3n) is 7.07. The van der Waals surface area contributed by atoms with E-state index in [1.54, 1.807) is 36.4 Å². The maximum atomic E-state index is 12.9. The molecule has 0 spiro atoms. The van der Waals surface area contributed by atoms with Crippen LogP contribution in [0.2, 0.25) is 10.0 Å². The quantitative estimate of drug-likeness (QED) is 0.142. The van der Waals surface area contributed by atoms with Gasteiger partial charge < -0.3 is 14.4 Å². The van der Waals surface area contributed by atoms with Gasteiger partial charge in [0.05, 0.1) is 21.2 Å². The second-order valence-corrected chi connectivity index (χ2v) is 12.4. The van der Waals surface area contributed by atoms with Crippen LogP contribution in [0.4, 0.5) is 5.69 Å². The topological polar surface area (TPSA) is 84.2 Å². The summed E-state index contributed by atoms with van der Waals surface area (Å²) in [6.07, 6.45) is 9.10. The smallest absolute Gasteiger partial charge is 0.335 e. The molecule has 9 heteroatoms. The molecule has 4 aromatic carbocycles. The summed E-state index contributed by atoms with van der Waals surface area (Å²) in [4.78, 5) is 16.8. The van der Waals surface area contributed by atoms with Crippen molar-refractivity contribution in [2.45, 2.75) is 37.6 Å². The molecule has 5 aromatic rings. The summed E-state index contributed by atoms with van der Waals surface area (Å²) in [5.74, 6) is -0.273. The van der Waals surface area contributed by atoms with Gasteiger partial charge in [-0.1, -0.05) is 79.0 Å². The number of carboxylic acid groups (broad SMARTS) is 1. The Morgan fingerprint density at radius 3 is 2.30 bits per heavy atom. The fourth-order valence-electron chi connectivity index (χ4n) is 4.63. The summed E-state index contributed by atoms with van der Waals surface area (Å²) >= 11 is 12.6. The Labute approximate surface area is 269 Å². The number of halogens is 2. The first kappa shape index (κ1) is 31.3. The predicted octanol–water partition coefficient (Wildman–Crippen LogP) is 9.25. The number of nitrogens with one attached hydrogen (secondary N) is 1. The molecule has 0 bridgehead atoms. The van der Waals surface area contributed by atoms with Gasteiger partial charge in [0.25, 0.3) is 0 Å². The van der Waals surface area contributed by atoms with Gasteiger partial charge in [0.2, 0.25) is 0 Å². The number of imidazole rings is 1. The number of hydrogen-bond acceptors (Lipinski definition) is 3. The van der Waals surface area contributed by atoms with Gasteiger partial charge in [0, 0.05) is 29.0 Å². The van der Waals surface area contributed by atoms with Crippen LogP contribution in [-0.2, 0) is 24.0 Å². The average Bonchev–Trinajstić information content (AvgIpc) is 3.42. The molecule has 1 aromatic heterocycles. The molecular formula is C35H31Cl2N3O3S. The van der Waals surface area contributed by atoms with E-state index in [1.807, 2.05) is 77.5 Å². The Morgan fingerprint density at radius 2 is 1.64 bits per heavy atom. The number of nitrogens with zero attached hydrogens (tertiary/aromatic N) is 2. The molecule has 1 atom stereocenters. The monoisotopic (exact) mass is 643 g/mol. The zero-order valence-corrected chi connectivity index (χ0v) is 26.4. The van der Waals surface area contributed by atoms with Crippen LogP contribution >= 0.6 is 23.2 Å². The third kappa shape index (κ3) is 8.05. The Bertz CT molecular complexity index is 1800. The minimum atomic E-state index is -1.37. The van der Waals surface area contributed by atoms with Gasteiger partial charge >= 0.3 is 5.97 Å². The van der Waals surface area contributed by atoms with Crippen molar-refractivity contribution in [1.29, 1.82) is 0 Å². The van der Waals surface area contributed by atoms with Crippen molar-refractivity contribution in [2.24, 2.45) is 0 Å². The maximum Gasteiger partial charge on any atom is 0.335 e. The van der Waals surface area contributed by atoms with Crippen molar-refractivity contribution < 1.29 is 14.1 Å². The maximum absolute atomic E-state index is 12.9. The highest BCUT2D eigenvalue weighted by molar-refractivity contribution is 7.86. The highest BCUT2D eigenvalue weighted by atomic mass is 35.5. The number of aromatic nitrogens is 2. The van der Waals surface area contributed by atoms with Crippen molar-refractivity contribution in [1.82, 2.24) is 9.55 Å². The molecule has 0 radical (unpaired) electrons. The van der Waals surface area contributed by atoms with Crippen molar-refractivity contribution in [3.63, 3.8) is 0 Å². The van der Waals surface area contributed by atoms with Gasteiger partial charge in [-0.2, -0.15) is 0 Å². The van der Waals surface area contributed by atoms with E-state index in [0.717, 1.165) is 46.5 Å². The van der Waals surface area contributed by atoms with Crippen molar-refractivity contribution >= 4 is 58.0 Å². The number of carboxylic acids is 1. The molecule has 1 heterocycles. The number of anilines is 1. The van der Waals surface area contributed by atoms with E-state index in [-0.39, 0.29) is 5.56 Å². The molecular weight excluding hydrogens is 613 g/mol. The predicted molar refractivity (Wildman–Crippen MR) is 181 cm³/mol. The minimum Gasteiger partial charge on any atom is -0.478 e. The molecule has 0 fully saturated rings. The fourth-order valence-corrected chi connectivity index (χ4v) is 5.98. The van der Waals surface area contributed by atoms with Crippen LogP contribution in [0.5, 0.6) is 0 Å². The zero-order chi connectivity index (χ0) is 31.1. The number of benzene rings is 4. The summed E-state index contributed by atoms with van der Waals surface area (Å²) in [5.41, 5.74) is 5.54. The van der Waals surface area contributed by atoms with Gasteiger partial charge in [-0.3, -0.25) is 0 Å². The van der Waals surface area contributed by atoms with E-state index < -0.39 is 17.0 Å². The molecule has 0 aliphatic carbocycles. The summed E-state index contributed by atoms with van der Waals surface area (Å²) in [6, 6.07) is 27.6. The molecule has 1 unspecified atom stereocenters. The molecule has 0 saturated carbocycles. The molecule has 5 rings (SSSR count). The van der Waals surface area contributed by atoms with Gasteiger partial charge in [-0.05, 0) is 90.2 Å². The van der Waals surface area contributed by atoms with E-state index in [4.69, 9.17) is 28.2 Å². The Kier molecular flexibility index (Phi) is 10.3. The molecule has 224 valence electrons. The summed E-state index contributed by atoms with van der Waals surface area (Å²) in [5, 5.41) is 10.3. The van der Waals surface area contributed by atoms with Gasteiger partial charge in [0.15, 0.2) is 0 Å². The molecule has 44 heavy (non-hydrogen) atoms. The number of carbonyl (C=O) groups is 1. The first-order valence-electron chi connectivity index (χ1n) is 14.2. The lowest BCUT2D eigenvalue weighted by Gasteiger charge is -2.08. The Hall–Kier alpha value is -4.17. The Morgan fingerprint density at radius 1 is 0.932 bits per heavy atom. The lowest BCUT2D eigenvalue weighted by Crippen LogP contribution is -2.04. The lowest BCUT2D eigenvalue weighted by atomic mass is 10.1. The number of aryl methyl sites for hydroxylation is 1.